The van der Waals surface area contributed by atoms with Gasteiger partial charge in [-0.3, -0.25) is 4.90 Å². The lowest BCUT2D eigenvalue weighted by Crippen LogP contribution is -2.45. The van der Waals surface area contributed by atoms with Gasteiger partial charge in [0, 0.05) is 35.4 Å². The van der Waals surface area contributed by atoms with Gasteiger partial charge in [0.2, 0.25) is 0 Å². The molecule has 18 heavy (non-hydrogen) atoms. The summed E-state index contributed by atoms with van der Waals surface area (Å²) in [6.07, 6.45) is 2.29. The fourth-order valence-electron chi connectivity index (χ4n) is 2.27. The van der Waals surface area contributed by atoms with Crippen LogP contribution in [0.4, 0.5) is 0 Å². The van der Waals surface area contributed by atoms with Crippen LogP contribution in [0, 0.1) is 0 Å². The summed E-state index contributed by atoms with van der Waals surface area (Å²) in [5.74, 6) is 1.81. The van der Waals surface area contributed by atoms with Crippen molar-refractivity contribution in [3.63, 3.8) is 0 Å². The van der Waals surface area contributed by atoms with Gasteiger partial charge in [-0.05, 0) is 19.9 Å². The molecule has 2 unspecified atom stereocenters. The van der Waals surface area contributed by atoms with Crippen molar-refractivity contribution in [2.75, 3.05) is 18.8 Å². The molecular formula is C13H21ClN2S2. The highest BCUT2D eigenvalue weighted by atomic mass is 35.5. The van der Waals surface area contributed by atoms with Crippen molar-refractivity contribution in [1.82, 2.24) is 9.88 Å². The summed E-state index contributed by atoms with van der Waals surface area (Å²) in [5, 5.41) is 4.07. The highest BCUT2D eigenvalue weighted by molar-refractivity contribution is 8.00. The fourth-order valence-corrected chi connectivity index (χ4v) is 4.50. The molecule has 0 N–H and O–H groups in total. The molecule has 1 aromatic heterocycles. The van der Waals surface area contributed by atoms with E-state index in [0.717, 1.165) is 17.4 Å². The van der Waals surface area contributed by atoms with Crippen LogP contribution >= 0.6 is 34.7 Å². The van der Waals surface area contributed by atoms with E-state index in [1.165, 1.54) is 30.3 Å². The monoisotopic (exact) mass is 304 g/mol. The van der Waals surface area contributed by atoms with E-state index in [0.29, 0.717) is 11.9 Å². The molecule has 2 rings (SSSR count). The van der Waals surface area contributed by atoms with E-state index in [4.69, 9.17) is 11.6 Å². The summed E-state index contributed by atoms with van der Waals surface area (Å²) in [6, 6.07) is 0.707. The molecule has 0 aliphatic carbocycles. The molecule has 2 atom stereocenters. The smallest absolute Gasteiger partial charge is 0.0929 e. The topological polar surface area (TPSA) is 16.1 Å². The Labute approximate surface area is 123 Å². The van der Waals surface area contributed by atoms with E-state index in [2.05, 4.69) is 40.9 Å². The predicted molar refractivity (Wildman–Crippen MR) is 82.9 cm³/mol. The summed E-state index contributed by atoms with van der Waals surface area (Å²) in [4.78, 5) is 7.13. The summed E-state index contributed by atoms with van der Waals surface area (Å²) in [6.45, 7) is 7.13. The number of thioether (sulfide) groups is 1. The van der Waals surface area contributed by atoms with Crippen molar-refractivity contribution in [3.8, 4) is 0 Å². The summed E-state index contributed by atoms with van der Waals surface area (Å²) in [7, 11) is 0. The lowest BCUT2D eigenvalue weighted by Gasteiger charge is -2.37. The van der Waals surface area contributed by atoms with Crippen LogP contribution < -0.4 is 0 Å². The van der Waals surface area contributed by atoms with Gasteiger partial charge < -0.3 is 0 Å². The van der Waals surface area contributed by atoms with Crippen LogP contribution in [0.2, 0.25) is 0 Å². The van der Waals surface area contributed by atoms with Crippen LogP contribution in [-0.4, -0.2) is 40.0 Å². The Kier molecular flexibility index (Phi) is 5.80. The Morgan fingerprint density at radius 2 is 2.33 bits per heavy atom. The molecule has 0 bridgehead atoms. The van der Waals surface area contributed by atoms with E-state index in [9.17, 15) is 0 Å². The minimum Gasteiger partial charge on any atom is -0.299 e. The third-order valence-corrected chi connectivity index (χ3v) is 6.16. The zero-order valence-electron chi connectivity index (χ0n) is 11.1. The van der Waals surface area contributed by atoms with Gasteiger partial charge in [0.05, 0.1) is 16.6 Å². The molecule has 2 heterocycles. The van der Waals surface area contributed by atoms with E-state index < -0.39 is 0 Å². The largest absolute Gasteiger partial charge is 0.299 e. The van der Waals surface area contributed by atoms with Crippen molar-refractivity contribution in [2.24, 2.45) is 0 Å². The number of alkyl halides is 1. The van der Waals surface area contributed by atoms with Gasteiger partial charge in [-0.1, -0.05) is 6.92 Å². The lowest BCUT2D eigenvalue weighted by molar-refractivity contribution is 0.211. The molecule has 0 amide bonds. The minimum absolute atomic E-state index is 0.536. The number of aryl methyl sites for hydroxylation is 1. The molecule has 5 heteroatoms. The molecular weight excluding hydrogens is 284 g/mol. The van der Waals surface area contributed by atoms with E-state index >= 15 is 0 Å². The van der Waals surface area contributed by atoms with E-state index in [1.54, 1.807) is 11.3 Å². The Balaban J connectivity index is 1.74. The van der Waals surface area contributed by atoms with Crippen LogP contribution in [-0.2, 0) is 12.3 Å². The van der Waals surface area contributed by atoms with Gasteiger partial charge in [0.1, 0.15) is 0 Å². The lowest BCUT2D eigenvalue weighted by atomic mass is 10.2. The molecule has 0 spiro atoms. The van der Waals surface area contributed by atoms with Crippen LogP contribution in [0.3, 0.4) is 0 Å². The zero-order chi connectivity index (χ0) is 13.0. The Bertz CT molecular complexity index is 370. The molecule has 0 saturated carbocycles. The first-order chi connectivity index (χ1) is 8.70. The van der Waals surface area contributed by atoms with Crippen LogP contribution in [0.25, 0.3) is 0 Å². The average molecular weight is 305 g/mol. The molecule has 1 aliphatic heterocycles. The fraction of sp³-hybridized carbons (Fsp3) is 0.769. The van der Waals surface area contributed by atoms with Crippen LogP contribution in [0.15, 0.2) is 5.38 Å². The maximum absolute atomic E-state index is 5.76. The Hall–Kier alpha value is 0.230. The second-order valence-electron chi connectivity index (χ2n) is 4.82. The summed E-state index contributed by atoms with van der Waals surface area (Å²) < 4.78 is 0. The standard InChI is InChI=1S/C13H21ClN2S2/c1-10-11(2)17-7-6-16(10)5-3-4-13-15-12(8-14)9-18-13/h9-11H,3-8H2,1-2H3. The number of rotatable bonds is 5. The third kappa shape index (κ3) is 3.86. The highest BCUT2D eigenvalue weighted by Crippen LogP contribution is 2.24. The number of halogens is 1. The molecule has 0 radical (unpaired) electrons. The van der Waals surface area contributed by atoms with Crippen LogP contribution in [0.5, 0.6) is 0 Å². The summed E-state index contributed by atoms with van der Waals surface area (Å²) >= 11 is 9.61. The van der Waals surface area contributed by atoms with Crippen molar-refractivity contribution in [3.05, 3.63) is 16.1 Å². The van der Waals surface area contributed by atoms with Gasteiger partial charge in [-0.2, -0.15) is 11.8 Å². The van der Waals surface area contributed by atoms with Gasteiger partial charge in [0.25, 0.3) is 0 Å². The Morgan fingerprint density at radius 3 is 3.06 bits per heavy atom. The summed E-state index contributed by atoms with van der Waals surface area (Å²) in [5.41, 5.74) is 1.02. The molecule has 2 nitrogen and oxygen atoms in total. The molecule has 1 aliphatic rings. The number of thiazole rings is 1. The van der Waals surface area contributed by atoms with Crippen molar-refractivity contribution < 1.29 is 0 Å². The number of hydrogen-bond donors (Lipinski definition) is 0. The molecule has 1 fully saturated rings. The highest BCUT2D eigenvalue weighted by Gasteiger charge is 2.24. The van der Waals surface area contributed by atoms with Gasteiger partial charge in [0.15, 0.2) is 0 Å². The SMILES string of the molecule is CC1SCCN(CCCc2nc(CCl)cs2)C1C. The van der Waals surface area contributed by atoms with E-state index in [-0.39, 0.29) is 0 Å². The van der Waals surface area contributed by atoms with E-state index in [1.807, 2.05) is 0 Å². The number of nitrogens with zero attached hydrogens (tertiary/aromatic N) is 2. The average Bonchev–Trinajstić information content (AvgIpc) is 2.82. The maximum atomic E-state index is 5.76. The van der Waals surface area contributed by atoms with Crippen molar-refractivity contribution in [2.45, 2.75) is 43.9 Å². The first-order valence-corrected chi connectivity index (χ1v) is 9.02. The van der Waals surface area contributed by atoms with Crippen molar-refractivity contribution >= 4 is 34.7 Å². The third-order valence-electron chi connectivity index (χ3n) is 3.59. The van der Waals surface area contributed by atoms with Crippen LogP contribution in [0.1, 0.15) is 31.0 Å². The second kappa shape index (κ2) is 7.13. The normalized spacial score (nSPS) is 25.5. The zero-order valence-corrected chi connectivity index (χ0v) is 13.5. The van der Waals surface area contributed by atoms with Gasteiger partial charge >= 0.3 is 0 Å². The minimum atomic E-state index is 0.536. The quantitative estimate of drug-likeness (QED) is 0.773. The first-order valence-electron chi connectivity index (χ1n) is 6.55. The molecule has 1 saturated heterocycles. The predicted octanol–water partition coefficient (Wildman–Crippen LogP) is 3.64. The number of hydrogen-bond acceptors (Lipinski definition) is 4. The maximum Gasteiger partial charge on any atom is 0.0929 e. The van der Waals surface area contributed by atoms with Gasteiger partial charge in [-0.15, -0.1) is 22.9 Å². The Morgan fingerprint density at radius 1 is 1.50 bits per heavy atom. The second-order valence-corrected chi connectivity index (χ2v) is 7.52. The van der Waals surface area contributed by atoms with Gasteiger partial charge in [-0.25, -0.2) is 4.98 Å². The van der Waals surface area contributed by atoms with Crippen molar-refractivity contribution in [1.29, 1.82) is 0 Å². The molecule has 0 aromatic carbocycles. The molecule has 1 aromatic rings. The first kappa shape index (κ1) is 14.6. The molecule has 102 valence electrons. The number of aromatic nitrogens is 1.